The van der Waals surface area contributed by atoms with Crippen molar-refractivity contribution in [3.05, 3.63) is 26.6 Å². The summed E-state index contributed by atoms with van der Waals surface area (Å²) in [6.07, 6.45) is 3.11. The molecule has 1 aliphatic carbocycles. The molecule has 6 nitrogen and oxygen atoms in total. The Bertz CT molecular complexity index is 963. The molecule has 25 heavy (non-hydrogen) atoms. The van der Waals surface area contributed by atoms with Crippen LogP contribution in [0, 0.1) is 5.92 Å². The molecule has 8 heteroatoms. The lowest BCUT2D eigenvalue weighted by molar-refractivity contribution is 0.220. The van der Waals surface area contributed by atoms with Gasteiger partial charge in [-0.3, -0.25) is 9.69 Å². The van der Waals surface area contributed by atoms with E-state index in [-0.39, 0.29) is 23.1 Å². The van der Waals surface area contributed by atoms with Crippen LogP contribution in [0.3, 0.4) is 0 Å². The summed E-state index contributed by atoms with van der Waals surface area (Å²) in [6, 6.07) is -0.0920. The first-order chi connectivity index (χ1) is 11.8. The van der Waals surface area contributed by atoms with E-state index in [1.807, 2.05) is 6.92 Å². The number of hydrogen-bond acceptors (Lipinski definition) is 6. The Labute approximate surface area is 151 Å². The van der Waals surface area contributed by atoms with Gasteiger partial charge in [-0.25, -0.2) is 13.4 Å². The zero-order valence-corrected chi connectivity index (χ0v) is 16.2. The van der Waals surface area contributed by atoms with Gasteiger partial charge in [-0.15, -0.1) is 11.3 Å². The Hall–Kier alpha value is -1.25. The van der Waals surface area contributed by atoms with Crippen LogP contribution in [-0.2, 0) is 22.7 Å². The normalized spacial score (nSPS) is 25.0. The number of aromatic nitrogens is 2. The lowest BCUT2D eigenvalue weighted by Crippen LogP contribution is -2.42. The minimum Gasteiger partial charge on any atom is -0.309 e. The van der Waals surface area contributed by atoms with E-state index >= 15 is 0 Å². The van der Waals surface area contributed by atoms with Crippen LogP contribution in [-0.4, -0.2) is 47.9 Å². The third-order valence-corrected chi connectivity index (χ3v) is 8.26. The predicted octanol–water partition coefficient (Wildman–Crippen LogP) is 1.90. The van der Waals surface area contributed by atoms with Gasteiger partial charge in [-0.2, -0.15) is 0 Å². The van der Waals surface area contributed by atoms with Gasteiger partial charge in [0, 0.05) is 18.0 Å². The molecule has 2 aromatic rings. The summed E-state index contributed by atoms with van der Waals surface area (Å²) in [6.45, 7) is 5.22. The molecular formula is C17H23N3O3S2. The molecule has 3 heterocycles. The van der Waals surface area contributed by atoms with Crippen LogP contribution < -0.4 is 5.56 Å². The number of fused-ring (bicyclic) bond motifs is 3. The van der Waals surface area contributed by atoms with Crippen LogP contribution in [0.5, 0.6) is 0 Å². The second kappa shape index (κ2) is 6.17. The summed E-state index contributed by atoms with van der Waals surface area (Å²) in [7, 11) is -2.91. The van der Waals surface area contributed by atoms with Gasteiger partial charge in [0.1, 0.15) is 10.7 Å². The molecule has 0 saturated carbocycles. The molecule has 1 aliphatic heterocycles. The highest BCUT2D eigenvalue weighted by Crippen LogP contribution is 2.36. The van der Waals surface area contributed by atoms with Crippen LogP contribution in [0.15, 0.2) is 4.79 Å². The number of nitrogens with zero attached hydrogens (tertiary/aromatic N) is 2. The van der Waals surface area contributed by atoms with Gasteiger partial charge in [0.25, 0.3) is 5.56 Å². The summed E-state index contributed by atoms with van der Waals surface area (Å²) < 4.78 is 23.2. The van der Waals surface area contributed by atoms with Crippen molar-refractivity contribution in [2.24, 2.45) is 5.92 Å². The van der Waals surface area contributed by atoms with Gasteiger partial charge in [-0.1, -0.05) is 6.92 Å². The lowest BCUT2D eigenvalue weighted by atomic mass is 9.89. The fourth-order valence-corrected chi connectivity index (χ4v) is 6.47. The van der Waals surface area contributed by atoms with Gasteiger partial charge < -0.3 is 4.98 Å². The zero-order valence-electron chi connectivity index (χ0n) is 14.5. The fraction of sp³-hybridized carbons (Fsp3) is 0.647. The van der Waals surface area contributed by atoms with E-state index in [0.717, 1.165) is 29.5 Å². The predicted molar refractivity (Wildman–Crippen MR) is 100 cm³/mol. The number of H-pyrrole nitrogens is 1. The molecule has 0 amide bonds. The van der Waals surface area contributed by atoms with E-state index < -0.39 is 9.84 Å². The number of rotatable bonds is 2. The van der Waals surface area contributed by atoms with Crippen LogP contribution in [0.25, 0.3) is 10.2 Å². The number of nitrogens with one attached hydrogen (secondary N) is 1. The van der Waals surface area contributed by atoms with Crippen LogP contribution in [0.4, 0.5) is 0 Å². The van der Waals surface area contributed by atoms with E-state index in [4.69, 9.17) is 4.98 Å². The lowest BCUT2D eigenvalue weighted by Gasteiger charge is -2.31. The molecule has 136 valence electrons. The Morgan fingerprint density at radius 3 is 2.76 bits per heavy atom. The van der Waals surface area contributed by atoms with Crippen molar-refractivity contribution in [1.29, 1.82) is 0 Å². The summed E-state index contributed by atoms with van der Waals surface area (Å²) in [5.41, 5.74) is 1.14. The molecule has 0 bridgehead atoms. The Morgan fingerprint density at radius 2 is 2.04 bits per heavy atom. The van der Waals surface area contributed by atoms with E-state index in [0.29, 0.717) is 24.8 Å². The monoisotopic (exact) mass is 381 g/mol. The van der Waals surface area contributed by atoms with Gasteiger partial charge in [0.2, 0.25) is 0 Å². The first kappa shape index (κ1) is 17.2. The fourth-order valence-electron chi connectivity index (χ4n) is 3.85. The maximum atomic E-state index is 12.7. The van der Waals surface area contributed by atoms with Gasteiger partial charge in [0.15, 0.2) is 9.84 Å². The molecule has 2 unspecified atom stereocenters. The molecule has 2 aliphatic rings. The Kier molecular flexibility index (Phi) is 4.24. The second-order valence-electron chi connectivity index (χ2n) is 7.35. The minimum atomic E-state index is -2.91. The number of thiophene rings is 1. The van der Waals surface area contributed by atoms with E-state index in [1.54, 1.807) is 11.3 Å². The quantitative estimate of drug-likeness (QED) is 0.859. The third kappa shape index (κ3) is 3.15. The van der Waals surface area contributed by atoms with Crippen LogP contribution in [0.2, 0.25) is 0 Å². The molecule has 0 aromatic carbocycles. The average Bonchev–Trinajstić information content (AvgIpc) is 2.91. The largest absolute Gasteiger partial charge is 0.309 e. The summed E-state index contributed by atoms with van der Waals surface area (Å²) in [5, 5.41) is 0.768. The van der Waals surface area contributed by atoms with Gasteiger partial charge >= 0.3 is 0 Å². The molecule has 0 radical (unpaired) electrons. The number of sulfone groups is 1. The van der Waals surface area contributed by atoms with Crippen molar-refractivity contribution in [2.45, 2.75) is 39.2 Å². The van der Waals surface area contributed by atoms with Crippen molar-refractivity contribution >= 4 is 31.4 Å². The van der Waals surface area contributed by atoms with Gasteiger partial charge in [0.05, 0.1) is 22.9 Å². The summed E-state index contributed by atoms with van der Waals surface area (Å²) >= 11 is 1.65. The van der Waals surface area contributed by atoms with Crippen molar-refractivity contribution in [2.75, 3.05) is 24.6 Å². The highest BCUT2D eigenvalue weighted by atomic mass is 32.2. The molecule has 1 N–H and O–H groups in total. The van der Waals surface area contributed by atoms with Crippen LogP contribution >= 0.6 is 11.3 Å². The third-order valence-electron chi connectivity index (χ3n) is 5.51. The van der Waals surface area contributed by atoms with Crippen molar-refractivity contribution in [1.82, 2.24) is 14.9 Å². The zero-order chi connectivity index (χ0) is 17.8. The molecular weight excluding hydrogens is 358 g/mol. The van der Waals surface area contributed by atoms with Crippen molar-refractivity contribution in [3.63, 3.8) is 0 Å². The summed E-state index contributed by atoms with van der Waals surface area (Å²) in [4.78, 5) is 24.6. The maximum Gasteiger partial charge on any atom is 0.259 e. The highest BCUT2D eigenvalue weighted by molar-refractivity contribution is 7.91. The SMILES string of the molecule is CC1CCc2c(sc3nc(C(C)N4CCS(=O)(=O)CC4)[nH]c(=O)c23)C1. The standard InChI is InChI=1S/C17H23N3O3S2/c1-10-3-4-12-13(9-10)24-17-14(12)16(21)18-15(19-17)11(2)20-5-7-25(22,23)8-6-20/h10-11H,3-9H2,1-2H3,(H,18,19,21). The molecule has 1 fully saturated rings. The maximum absolute atomic E-state index is 12.7. The summed E-state index contributed by atoms with van der Waals surface area (Å²) in [5.74, 6) is 1.65. The molecule has 0 spiro atoms. The molecule has 1 saturated heterocycles. The number of aryl methyl sites for hydroxylation is 1. The smallest absolute Gasteiger partial charge is 0.259 e. The van der Waals surface area contributed by atoms with Gasteiger partial charge in [-0.05, 0) is 37.7 Å². The average molecular weight is 382 g/mol. The Morgan fingerprint density at radius 1 is 1.32 bits per heavy atom. The highest BCUT2D eigenvalue weighted by Gasteiger charge is 2.28. The Balaban J connectivity index is 1.68. The number of aromatic amines is 1. The topological polar surface area (TPSA) is 83.1 Å². The first-order valence-electron chi connectivity index (χ1n) is 8.83. The second-order valence-corrected chi connectivity index (χ2v) is 10.7. The molecule has 4 rings (SSSR count). The van der Waals surface area contributed by atoms with Crippen LogP contribution in [0.1, 0.15) is 42.6 Å². The minimum absolute atomic E-state index is 0.0523. The van der Waals surface area contributed by atoms with E-state index in [9.17, 15) is 13.2 Å². The van der Waals surface area contributed by atoms with Crippen molar-refractivity contribution < 1.29 is 8.42 Å². The number of hydrogen-bond donors (Lipinski definition) is 1. The van der Waals surface area contributed by atoms with E-state index in [1.165, 1.54) is 10.4 Å². The van der Waals surface area contributed by atoms with Crippen molar-refractivity contribution in [3.8, 4) is 0 Å². The first-order valence-corrected chi connectivity index (χ1v) is 11.5. The van der Waals surface area contributed by atoms with E-state index in [2.05, 4.69) is 16.8 Å². The molecule has 2 atom stereocenters. The molecule has 2 aromatic heterocycles.